The molecule has 2 N–H and O–H groups in total. The summed E-state index contributed by atoms with van der Waals surface area (Å²) >= 11 is 1.72. The van der Waals surface area contributed by atoms with Gasteiger partial charge in [-0.2, -0.15) is 8.42 Å². The molecular formula is C20H17NO3S2. The number of benzene rings is 3. The van der Waals surface area contributed by atoms with E-state index in [1.54, 1.807) is 23.9 Å². The fourth-order valence-corrected chi connectivity index (χ4v) is 4.64. The highest BCUT2D eigenvalue weighted by Crippen LogP contribution is 2.45. The highest BCUT2D eigenvalue weighted by Gasteiger charge is 2.19. The van der Waals surface area contributed by atoms with Crippen LogP contribution in [0.15, 0.2) is 75.4 Å². The summed E-state index contributed by atoms with van der Waals surface area (Å²) in [5, 5.41) is 3.51. The van der Waals surface area contributed by atoms with Crippen LogP contribution in [0.1, 0.15) is 16.7 Å². The van der Waals surface area contributed by atoms with Gasteiger partial charge < -0.3 is 5.32 Å². The highest BCUT2D eigenvalue weighted by molar-refractivity contribution is 7.99. The summed E-state index contributed by atoms with van der Waals surface area (Å²) in [5.41, 5.74) is 5.06. The van der Waals surface area contributed by atoms with Crippen molar-refractivity contribution in [3.63, 3.8) is 0 Å². The number of para-hydroxylation sites is 2. The fourth-order valence-electron chi connectivity index (χ4n) is 3.07. The molecule has 1 aliphatic rings. The van der Waals surface area contributed by atoms with Gasteiger partial charge in [-0.3, -0.25) is 4.55 Å². The molecule has 6 heteroatoms. The first-order valence-electron chi connectivity index (χ1n) is 8.14. The quantitative estimate of drug-likeness (QED) is 0.485. The van der Waals surface area contributed by atoms with Gasteiger partial charge in [0, 0.05) is 9.79 Å². The van der Waals surface area contributed by atoms with Crippen molar-refractivity contribution in [3.05, 3.63) is 77.4 Å². The van der Waals surface area contributed by atoms with E-state index >= 15 is 0 Å². The number of anilines is 2. The number of aryl methyl sites for hydroxylation is 1. The van der Waals surface area contributed by atoms with Gasteiger partial charge >= 0.3 is 0 Å². The Hall–Kier alpha value is -2.28. The Bertz CT molecular complexity index is 1110. The van der Waals surface area contributed by atoms with Gasteiger partial charge in [-0.1, -0.05) is 42.1 Å². The Kier molecular flexibility index (Phi) is 4.26. The van der Waals surface area contributed by atoms with Crippen molar-refractivity contribution < 1.29 is 13.0 Å². The van der Waals surface area contributed by atoms with Crippen LogP contribution in [-0.4, -0.2) is 13.0 Å². The summed E-state index contributed by atoms with van der Waals surface area (Å²) in [4.78, 5) is 2.25. The van der Waals surface area contributed by atoms with E-state index in [-0.39, 0.29) is 4.90 Å². The molecule has 0 bridgehead atoms. The lowest BCUT2D eigenvalue weighted by Gasteiger charge is -2.23. The first kappa shape index (κ1) is 17.1. The van der Waals surface area contributed by atoms with Gasteiger partial charge in [-0.05, 0) is 60.4 Å². The molecule has 0 amide bonds. The molecule has 0 saturated heterocycles. The number of rotatable bonds is 3. The predicted octanol–water partition coefficient (Wildman–Crippen LogP) is 5.04. The summed E-state index contributed by atoms with van der Waals surface area (Å²) in [6, 6.07) is 19.0. The summed E-state index contributed by atoms with van der Waals surface area (Å²) in [6.45, 7) is 1.94. The molecular weight excluding hydrogens is 366 g/mol. The van der Waals surface area contributed by atoms with Crippen LogP contribution in [-0.2, 0) is 16.5 Å². The average Bonchev–Trinajstić information content (AvgIpc) is 2.61. The Morgan fingerprint density at radius 1 is 0.962 bits per heavy atom. The van der Waals surface area contributed by atoms with Crippen LogP contribution in [0.2, 0.25) is 0 Å². The smallest absolute Gasteiger partial charge is 0.294 e. The van der Waals surface area contributed by atoms with Crippen LogP contribution in [0.3, 0.4) is 0 Å². The molecule has 0 atom stereocenters. The molecule has 0 radical (unpaired) electrons. The summed E-state index contributed by atoms with van der Waals surface area (Å²) in [7, 11) is -4.21. The van der Waals surface area contributed by atoms with E-state index in [2.05, 4.69) is 17.4 Å². The molecule has 132 valence electrons. The van der Waals surface area contributed by atoms with Crippen molar-refractivity contribution in [2.75, 3.05) is 5.32 Å². The van der Waals surface area contributed by atoms with Crippen molar-refractivity contribution in [3.8, 4) is 0 Å². The van der Waals surface area contributed by atoms with Crippen LogP contribution >= 0.6 is 11.8 Å². The maximum absolute atomic E-state index is 11.5. The largest absolute Gasteiger partial charge is 0.353 e. The second-order valence-corrected chi connectivity index (χ2v) is 8.76. The average molecular weight is 383 g/mol. The minimum absolute atomic E-state index is 0.0735. The van der Waals surface area contributed by atoms with E-state index in [0.717, 1.165) is 33.0 Å². The predicted molar refractivity (Wildman–Crippen MR) is 104 cm³/mol. The summed E-state index contributed by atoms with van der Waals surface area (Å²) < 4.78 is 32.2. The highest BCUT2D eigenvalue weighted by atomic mass is 32.2. The van der Waals surface area contributed by atoms with Gasteiger partial charge in [-0.15, -0.1) is 0 Å². The van der Waals surface area contributed by atoms with Crippen LogP contribution < -0.4 is 5.32 Å². The topological polar surface area (TPSA) is 66.4 Å². The lowest BCUT2D eigenvalue weighted by atomic mass is 9.99. The van der Waals surface area contributed by atoms with Crippen LogP contribution in [0.4, 0.5) is 11.4 Å². The lowest BCUT2D eigenvalue weighted by Crippen LogP contribution is -2.05. The Balaban J connectivity index is 1.74. The molecule has 0 saturated carbocycles. The number of fused-ring (bicyclic) bond motifs is 2. The monoisotopic (exact) mass is 383 g/mol. The molecule has 0 fully saturated rings. The van der Waals surface area contributed by atoms with Crippen molar-refractivity contribution in [1.82, 2.24) is 0 Å². The van der Waals surface area contributed by atoms with Gasteiger partial charge in [0.15, 0.2) is 0 Å². The van der Waals surface area contributed by atoms with Gasteiger partial charge in [0.1, 0.15) is 0 Å². The third kappa shape index (κ3) is 3.23. The molecule has 3 aromatic carbocycles. The van der Waals surface area contributed by atoms with Crippen molar-refractivity contribution >= 4 is 33.3 Å². The molecule has 0 unspecified atom stereocenters. The minimum Gasteiger partial charge on any atom is -0.353 e. The molecule has 26 heavy (non-hydrogen) atoms. The van der Waals surface area contributed by atoms with E-state index in [1.807, 2.05) is 37.3 Å². The lowest BCUT2D eigenvalue weighted by molar-refractivity contribution is 0.483. The maximum atomic E-state index is 11.5. The van der Waals surface area contributed by atoms with E-state index in [1.165, 1.54) is 11.0 Å². The van der Waals surface area contributed by atoms with Crippen molar-refractivity contribution in [2.45, 2.75) is 28.0 Å². The third-order valence-electron chi connectivity index (χ3n) is 4.48. The van der Waals surface area contributed by atoms with Crippen LogP contribution in [0.25, 0.3) is 0 Å². The Morgan fingerprint density at radius 3 is 2.54 bits per heavy atom. The van der Waals surface area contributed by atoms with Crippen molar-refractivity contribution in [1.29, 1.82) is 0 Å². The molecule has 4 rings (SSSR count). The Labute approximate surface area is 157 Å². The van der Waals surface area contributed by atoms with E-state index in [9.17, 15) is 13.0 Å². The second kappa shape index (κ2) is 6.46. The number of hydrogen-bond donors (Lipinski definition) is 2. The molecule has 1 heterocycles. The molecule has 3 aromatic rings. The van der Waals surface area contributed by atoms with E-state index in [0.29, 0.717) is 6.42 Å². The first-order chi connectivity index (χ1) is 12.4. The molecule has 0 aromatic heterocycles. The zero-order chi connectivity index (χ0) is 18.3. The second-order valence-electron chi connectivity index (χ2n) is 6.25. The van der Waals surface area contributed by atoms with Crippen LogP contribution in [0, 0.1) is 6.92 Å². The molecule has 0 spiro atoms. The van der Waals surface area contributed by atoms with E-state index < -0.39 is 10.1 Å². The van der Waals surface area contributed by atoms with E-state index in [4.69, 9.17) is 0 Å². The summed E-state index contributed by atoms with van der Waals surface area (Å²) in [5.74, 6) is 0. The molecule has 4 nitrogen and oxygen atoms in total. The number of nitrogens with one attached hydrogen (secondary N) is 1. The normalized spacial score (nSPS) is 12.8. The maximum Gasteiger partial charge on any atom is 0.294 e. The van der Waals surface area contributed by atoms with Gasteiger partial charge in [0.25, 0.3) is 10.1 Å². The zero-order valence-corrected chi connectivity index (χ0v) is 15.7. The van der Waals surface area contributed by atoms with Crippen LogP contribution in [0.5, 0.6) is 0 Å². The standard InChI is InChI=1S/C20H17NO3S2/c1-13-9-10-16(26(22,23)24)12-15(13)11-14-5-4-8-19-20(14)21-17-6-2-3-7-18(17)25-19/h2-10,12,21H,11H2,1H3,(H,22,23,24). The van der Waals surface area contributed by atoms with Gasteiger partial charge in [0.2, 0.25) is 0 Å². The van der Waals surface area contributed by atoms with Crippen molar-refractivity contribution in [2.24, 2.45) is 0 Å². The van der Waals surface area contributed by atoms with Gasteiger partial charge in [-0.25, -0.2) is 0 Å². The zero-order valence-electron chi connectivity index (χ0n) is 14.1. The minimum atomic E-state index is -4.21. The van der Waals surface area contributed by atoms with Gasteiger partial charge in [0.05, 0.1) is 16.3 Å². The first-order valence-corrected chi connectivity index (χ1v) is 10.4. The molecule has 1 aliphatic heterocycles. The summed E-state index contributed by atoms with van der Waals surface area (Å²) in [6.07, 6.45) is 0.577. The molecule has 0 aliphatic carbocycles. The third-order valence-corrected chi connectivity index (χ3v) is 6.46. The fraction of sp³-hybridized carbons (Fsp3) is 0.100. The number of hydrogen-bond acceptors (Lipinski definition) is 4. The Morgan fingerprint density at radius 2 is 1.73 bits per heavy atom. The SMILES string of the molecule is Cc1ccc(S(=O)(=O)O)cc1Cc1cccc2c1Nc1ccccc1S2.